The molecule has 3 rings (SSSR count). The smallest absolute Gasteiger partial charge is 0.151 e. The van der Waals surface area contributed by atoms with Crippen molar-refractivity contribution in [3.63, 3.8) is 0 Å². The van der Waals surface area contributed by atoms with Crippen LogP contribution in [0.1, 0.15) is 17.2 Å². The third kappa shape index (κ3) is 2.31. The van der Waals surface area contributed by atoms with Crippen molar-refractivity contribution in [2.45, 2.75) is 12.3 Å². The Morgan fingerprint density at radius 3 is 3.05 bits per heavy atom. The topological polar surface area (TPSA) is 34.2 Å². The summed E-state index contributed by atoms with van der Waals surface area (Å²) in [6.07, 6.45) is 1.99. The molecule has 1 aliphatic rings. The van der Waals surface area contributed by atoms with Crippen LogP contribution in [0.15, 0.2) is 36.5 Å². The van der Waals surface area contributed by atoms with Crippen molar-refractivity contribution in [3.05, 3.63) is 53.6 Å². The molecule has 0 amide bonds. The number of ether oxygens (including phenoxy) is 1. The third-order valence-corrected chi connectivity index (χ3v) is 3.37. The highest BCUT2D eigenvalue weighted by atomic mass is 19.1. The molecule has 0 unspecified atom stereocenters. The summed E-state index contributed by atoms with van der Waals surface area (Å²) < 4.78 is 19.1. The van der Waals surface area contributed by atoms with Gasteiger partial charge in [-0.2, -0.15) is 0 Å². The summed E-state index contributed by atoms with van der Waals surface area (Å²) in [4.78, 5) is 4.17. The summed E-state index contributed by atoms with van der Waals surface area (Å²) in [5, 5.41) is 3.19. The summed E-state index contributed by atoms with van der Waals surface area (Å²) in [6.45, 7) is 0.832. The van der Waals surface area contributed by atoms with Crippen molar-refractivity contribution >= 4 is 0 Å². The van der Waals surface area contributed by atoms with Gasteiger partial charge in [-0.1, -0.05) is 18.2 Å². The van der Waals surface area contributed by atoms with Gasteiger partial charge in [0.15, 0.2) is 5.75 Å². The standard InChI is InChI=1S/C15H15FN2O/c1-17-8-10-6-13-15(7-11(16)9-18-13)19-14-5-3-2-4-12(10)14/h2-5,7,9-10,17H,6,8H2,1H3/t10-/m0/s1. The van der Waals surface area contributed by atoms with Crippen LogP contribution in [-0.4, -0.2) is 18.6 Å². The molecule has 0 fully saturated rings. The van der Waals surface area contributed by atoms with Crippen molar-refractivity contribution < 1.29 is 9.13 Å². The van der Waals surface area contributed by atoms with Gasteiger partial charge in [-0.3, -0.25) is 4.98 Å². The van der Waals surface area contributed by atoms with E-state index < -0.39 is 0 Å². The van der Waals surface area contributed by atoms with Gasteiger partial charge < -0.3 is 10.1 Å². The van der Waals surface area contributed by atoms with Gasteiger partial charge in [0.05, 0.1) is 11.9 Å². The fourth-order valence-electron chi connectivity index (χ4n) is 2.49. The normalized spacial score (nSPS) is 17.1. The molecule has 1 aliphatic heterocycles. The molecular formula is C15H15FN2O. The summed E-state index contributed by atoms with van der Waals surface area (Å²) >= 11 is 0. The molecule has 98 valence electrons. The molecule has 0 radical (unpaired) electrons. The van der Waals surface area contributed by atoms with Crippen molar-refractivity contribution in [2.24, 2.45) is 0 Å². The molecule has 0 bridgehead atoms. The number of nitrogens with one attached hydrogen (secondary N) is 1. The summed E-state index contributed by atoms with van der Waals surface area (Å²) in [5.74, 6) is 1.21. The molecule has 0 aliphatic carbocycles. The maximum Gasteiger partial charge on any atom is 0.151 e. The number of pyridine rings is 1. The first kappa shape index (κ1) is 12.1. The number of rotatable bonds is 2. The molecule has 3 nitrogen and oxygen atoms in total. The van der Waals surface area contributed by atoms with Crippen LogP contribution in [0, 0.1) is 5.82 Å². The van der Waals surface area contributed by atoms with Crippen molar-refractivity contribution in [3.8, 4) is 11.5 Å². The largest absolute Gasteiger partial charge is 0.455 e. The van der Waals surface area contributed by atoms with Gasteiger partial charge in [0.2, 0.25) is 0 Å². The lowest BCUT2D eigenvalue weighted by Crippen LogP contribution is -2.19. The van der Waals surface area contributed by atoms with Gasteiger partial charge >= 0.3 is 0 Å². The van der Waals surface area contributed by atoms with Gasteiger partial charge in [0.25, 0.3) is 0 Å². The van der Waals surface area contributed by atoms with E-state index in [2.05, 4.69) is 16.4 Å². The molecule has 2 aromatic rings. The lowest BCUT2D eigenvalue weighted by atomic mass is 9.94. The van der Waals surface area contributed by atoms with E-state index in [0.29, 0.717) is 5.75 Å². The minimum Gasteiger partial charge on any atom is -0.455 e. The third-order valence-electron chi connectivity index (χ3n) is 3.37. The van der Waals surface area contributed by atoms with E-state index in [0.717, 1.165) is 30.0 Å². The van der Waals surface area contributed by atoms with Gasteiger partial charge in [-0.25, -0.2) is 4.39 Å². The lowest BCUT2D eigenvalue weighted by molar-refractivity contribution is 0.468. The number of aromatic nitrogens is 1. The van der Waals surface area contributed by atoms with Gasteiger partial charge in [0.1, 0.15) is 11.6 Å². The average molecular weight is 258 g/mol. The fraction of sp³-hybridized carbons (Fsp3) is 0.267. The number of hydrogen-bond donors (Lipinski definition) is 1. The molecule has 0 saturated heterocycles. The Balaban J connectivity index is 2.09. The Bertz CT molecular complexity index is 600. The number of likely N-dealkylation sites (N-methyl/N-ethyl adjacent to an activating group) is 1. The number of hydrogen-bond acceptors (Lipinski definition) is 3. The van der Waals surface area contributed by atoms with Crippen molar-refractivity contribution in [1.29, 1.82) is 0 Å². The van der Waals surface area contributed by atoms with Crippen LogP contribution >= 0.6 is 0 Å². The Kier molecular flexibility index (Phi) is 3.17. The Morgan fingerprint density at radius 1 is 1.37 bits per heavy atom. The zero-order valence-corrected chi connectivity index (χ0v) is 10.7. The summed E-state index contributed by atoms with van der Waals surface area (Å²) in [6, 6.07) is 9.29. The summed E-state index contributed by atoms with van der Waals surface area (Å²) in [7, 11) is 1.92. The lowest BCUT2D eigenvalue weighted by Gasteiger charge is -2.15. The van der Waals surface area contributed by atoms with Gasteiger partial charge in [-0.15, -0.1) is 0 Å². The average Bonchev–Trinajstić information content (AvgIpc) is 2.56. The molecule has 19 heavy (non-hydrogen) atoms. The molecule has 1 aromatic heterocycles. The summed E-state index contributed by atoms with van der Waals surface area (Å²) in [5.41, 5.74) is 1.94. The molecule has 1 aromatic carbocycles. The second kappa shape index (κ2) is 4.97. The van der Waals surface area contributed by atoms with E-state index in [1.165, 1.54) is 12.3 Å². The van der Waals surface area contributed by atoms with E-state index in [1.54, 1.807) is 0 Å². The van der Waals surface area contributed by atoms with Gasteiger partial charge in [-0.05, 0) is 18.7 Å². The van der Waals surface area contributed by atoms with Crippen LogP contribution in [0.3, 0.4) is 0 Å². The van der Waals surface area contributed by atoms with E-state index in [1.807, 2.05) is 25.2 Å². The number of para-hydroxylation sites is 1. The van der Waals surface area contributed by atoms with E-state index in [9.17, 15) is 4.39 Å². The van der Waals surface area contributed by atoms with Crippen LogP contribution in [0.5, 0.6) is 11.5 Å². The highest BCUT2D eigenvalue weighted by Crippen LogP contribution is 2.38. The second-order valence-electron chi connectivity index (χ2n) is 4.70. The minimum atomic E-state index is -0.372. The number of fused-ring (bicyclic) bond motifs is 2. The Labute approximate surface area is 111 Å². The van der Waals surface area contributed by atoms with E-state index in [4.69, 9.17) is 4.74 Å². The van der Waals surface area contributed by atoms with Crippen LogP contribution < -0.4 is 10.1 Å². The second-order valence-corrected chi connectivity index (χ2v) is 4.70. The quantitative estimate of drug-likeness (QED) is 0.899. The fourth-order valence-corrected chi connectivity index (χ4v) is 2.49. The maximum atomic E-state index is 13.3. The Morgan fingerprint density at radius 2 is 2.21 bits per heavy atom. The Hall–Kier alpha value is -1.94. The first-order chi connectivity index (χ1) is 9.28. The number of nitrogens with zero attached hydrogens (tertiary/aromatic N) is 1. The zero-order valence-electron chi connectivity index (χ0n) is 10.7. The predicted octanol–water partition coefficient (Wildman–Crippen LogP) is 2.87. The van der Waals surface area contributed by atoms with Crippen molar-refractivity contribution in [1.82, 2.24) is 10.3 Å². The molecule has 4 heteroatoms. The molecule has 2 heterocycles. The number of benzene rings is 1. The van der Waals surface area contributed by atoms with Crippen LogP contribution in [0.25, 0.3) is 0 Å². The van der Waals surface area contributed by atoms with Crippen LogP contribution in [0.2, 0.25) is 0 Å². The minimum absolute atomic E-state index is 0.278. The van der Waals surface area contributed by atoms with Crippen LogP contribution in [-0.2, 0) is 6.42 Å². The first-order valence-corrected chi connectivity index (χ1v) is 6.33. The zero-order chi connectivity index (χ0) is 13.2. The maximum absolute atomic E-state index is 13.3. The molecule has 1 N–H and O–H groups in total. The monoisotopic (exact) mass is 258 g/mol. The SMILES string of the molecule is CNC[C@@H]1Cc2ncc(F)cc2Oc2ccccc21. The van der Waals surface area contributed by atoms with Gasteiger partial charge in [0, 0.05) is 24.9 Å². The number of halogens is 1. The first-order valence-electron chi connectivity index (χ1n) is 6.33. The highest BCUT2D eigenvalue weighted by Gasteiger charge is 2.23. The van der Waals surface area contributed by atoms with Crippen molar-refractivity contribution in [2.75, 3.05) is 13.6 Å². The van der Waals surface area contributed by atoms with E-state index >= 15 is 0 Å². The molecular weight excluding hydrogens is 243 g/mol. The predicted molar refractivity (Wildman–Crippen MR) is 71.1 cm³/mol. The molecule has 0 saturated carbocycles. The highest BCUT2D eigenvalue weighted by molar-refractivity contribution is 5.45. The molecule has 1 atom stereocenters. The molecule has 0 spiro atoms. The van der Waals surface area contributed by atoms with Crippen LogP contribution in [0.4, 0.5) is 4.39 Å². The van der Waals surface area contributed by atoms with E-state index in [-0.39, 0.29) is 11.7 Å².